The summed E-state index contributed by atoms with van der Waals surface area (Å²) >= 11 is 0. The number of carbonyl (C=O) groups excluding carboxylic acids is 1. The van der Waals surface area contributed by atoms with Crippen molar-refractivity contribution in [3.05, 3.63) is 42.5 Å². The lowest BCUT2D eigenvalue weighted by atomic mass is 10.2. The zero-order valence-corrected chi connectivity index (χ0v) is 9.22. The molecule has 1 rings (SSSR count). The van der Waals surface area contributed by atoms with E-state index in [1.54, 1.807) is 12.1 Å². The SMILES string of the molecule is C=CCN(c1ccccc1C=O)S(=O)(=O)O. The van der Waals surface area contributed by atoms with E-state index in [9.17, 15) is 13.2 Å². The predicted octanol–water partition coefficient (Wildman–Crippen LogP) is 1.29. The van der Waals surface area contributed by atoms with Crippen molar-refractivity contribution in [1.29, 1.82) is 0 Å². The molecule has 0 unspecified atom stereocenters. The Labute approximate surface area is 93.9 Å². The van der Waals surface area contributed by atoms with Crippen molar-refractivity contribution in [3.8, 4) is 0 Å². The molecule has 0 aliphatic heterocycles. The first-order chi connectivity index (χ1) is 7.50. The van der Waals surface area contributed by atoms with Crippen LogP contribution in [0.25, 0.3) is 0 Å². The van der Waals surface area contributed by atoms with Crippen molar-refractivity contribution < 1.29 is 17.8 Å². The van der Waals surface area contributed by atoms with E-state index in [0.29, 0.717) is 10.6 Å². The third-order valence-corrected chi connectivity index (χ3v) is 2.81. The average molecular weight is 241 g/mol. The lowest BCUT2D eigenvalue weighted by molar-refractivity contribution is 0.112. The maximum atomic E-state index is 11.1. The van der Waals surface area contributed by atoms with E-state index in [1.165, 1.54) is 18.2 Å². The van der Waals surface area contributed by atoms with Gasteiger partial charge in [-0.05, 0) is 12.1 Å². The number of carbonyl (C=O) groups is 1. The van der Waals surface area contributed by atoms with E-state index in [-0.39, 0.29) is 17.8 Å². The summed E-state index contributed by atoms with van der Waals surface area (Å²) in [6.07, 6.45) is 1.84. The molecule has 0 spiro atoms. The number of rotatable bonds is 5. The van der Waals surface area contributed by atoms with Crippen LogP contribution in [0.4, 0.5) is 5.69 Å². The Hall–Kier alpha value is -1.66. The quantitative estimate of drug-likeness (QED) is 0.479. The molecule has 1 aromatic carbocycles. The number of hydrogen-bond acceptors (Lipinski definition) is 3. The summed E-state index contributed by atoms with van der Waals surface area (Å²) in [5.41, 5.74) is 0.307. The van der Waals surface area contributed by atoms with Crippen LogP contribution < -0.4 is 4.31 Å². The van der Waals surface area contributed by atoms with Crippen LogP contribution in [0.3, 0.4) is 0 Å². The fourth-order valence-electron chi connectivity index (χ4n) is 1.25. The number of para-hydroxylation sites is 1. The van der Waals surface area contributed by atoms with Crippen molar-refractivity contribution in [3.63, 3.8) is 0 Å². The fourth-order valence-corrected chi connectivity index (χ4v) is 1.96. The zero-order chi connectivity index (χ0) is 12.2. The Morgan fingerprint density at radius 1 is 1.38 bits per heavy atom. The van der Waals surface area contributed by atoms with Crippen LogP contribution in [0.2, 0.25) is 0 Å². The molecule has 6 heteroatoms. The number of nitrogens with zero attached hydrogens (tertiary/aromatic N) is 1. The molecule has 0 radical (unpaired) electrons. The second-order valence-electron chi connectivity index (χ2n) is 2.97. The summed E-state index contributed by atoms with van der Waals surface area (Å²) in [6.45, 7) is 3.28. The van der Waals surface area contributed by atoms with E-state index in [4.69, 9.17) is 4.55 Å². The minimum absolute atomic E-state index is 0.107. The Morgan fingerprint density at radius 3 is 2.50 bits per heavy atom. The monoisotopic (exact) mass is 241 g/mol. The van der Waals surface area contributed by atoms with Gasteiger partial charge in [-0.1, -0.05) is 18.2 Å². The minimum Gasteiger partial charge on any atom is -0.298 e. The summed E-state index contributed by atoms with van der Waals surface area (Å²) in [6, 6.07) is 6.07. The second kappa shape index (κ2) is 4.91. The van der Waals surface area contributed by atoms with Gasteiger partial charge in [0.25, 0.3) is 0 Å². The summed E-state index contributed by atoms with van der Waals surface area (Å²) in [5, 5.41) is 0. The van der Waals surface area contributed by atoms with Crippen molar-refractivity contribution in [2.75, 3.05) is 10.8 Å². The van der Waals surface area contributed by atoms with Crippen molar-refractivity contribution in [1.82, 2.24) is 0 Å². The fraction of sp³-hybridized carbons (Fsp3) is 0.100. The third-order valence-electron chi connectivity index (χ3n) is 1.91. The molecule has 0 atom stereocenters. The third kappa shape index (κ3) is 2.68. The molecule has 16 heavy (non-hydrogen) atoms. The van der Waals surface area contributed by atoms with Gasteiger partial charge >= 0.3 is 10.3 Å². The number of benzene rings is 1. The molecule has 0 aromatic heterocycles. The van der Waals surface area contributed by atoms with Gasteiger partial charge in [0, 0.05) is 5.56 Å². The van der Waals surface area contributed by atoms with E-state index < -0.39 is 10.3 Å². The Balaban J connectivity index is 3.31. The molecule has 1 aromatic rings. The molecule has 0 aliphatic rings. The molecule has 86 valence electrons. The van der Waals surface area contributed by atoms with Gasteiger partial charge in [-0.2, -0.15) is 8.42 Å². The molecule has 0 heterocycles. The van der Waals surface area contributed by atoms with Gasteiger partial charge in [0.15, 0.2) is 6.29 Å². The highest BCUT2D eigenvalue weighted by atomic mass is 32.2. The normalized spacial score (nSPS) is 10.8. The zero-order valence-electron chi connectivity index (χ0n) is 8.41. The summed E-state index contributed by atoms with van der Waals surface area (Å²) < 4.78 is 31.9. The predicted molar refractivity (Wildman–Crippen MR) is 60.9 cm³/mol. The van der Waals surface area contributed by atoms with Gasteiger partial charge in [-0.3, -0.25) is 9.35 Å². The summed E-state index contributed by atoms with van der Waals surface area (Å²) in [5.74, 6) is 0. The van der Waals surface area contributed by atoms with Crippen molar-refractivity contribution in [2.45, 2.75) is 0 Å². The number of hydrogen-bond donors (Lipinski definition) is 1. The van der Waals surface area contributed by atoms with Gasteiger partial charge in [-0.25, -0.2) is 4.31 Å². The first-order valence-electron chi connectivity index (χ1n) is 4.41. The van der Waals surface area contributed by atoms with Gasteiger partial charge in [-0.15, -0.1) is 6.58 Å². The van der Waals surface area contributed by atoms with Gasteiger partial charge in [0.2, 0.25) is 0 Å². The molecule has 0 amide bonds. The highest BCUT2D eigenvalue weighted by molar-refractivity contribution is 7.87. The van der Waals surface area contributed by atoms with E-state index in [0.717, 1.165) is 0 Å². The molecule has 5 nitrogen and oxygen atoms in total. The maximum Gasteiger partial charge on any atom is 0.360 e. The van der Waals surface area contributed by atoms with Crippen LogP contribution in [0, 0.1) is 0 Å². The molecule has 0 bridgehead atoms. The molecule has 0 saturated carbocycles. The lowest BCUT2D eigenvalue weighted by Gasteiger charge is -2.20. The van der Waals surface area contributed by atoms with Crippen LogP contribution in [-0.2, 0) is 10.3 Å². The highest BCUT2D eigenvalue weighted by Crippen LogP contribution is 2.20. The van der Waals surface area contributed by atoms with Crippen LogP contribution in [0.1, 0.15) is 10.4 Å². The molecule has 0 saturated heterocycles. The number of anilines is 1. The molecule has 0 aliphatic carbocycles. The smallest absolute Gasteiger partial charge is 0.298 e. The summed E-state index contributed by atoms with van der Waals surface area (Å²) in [4.78, 5) is 10.7. The van der Waals surface area contributed by atoms with Crippen LogP contribution in [-0.4, -0.2) is 25.8 Å². The van der Waals surface area contributed by atoms with E-state index >= 15 is 0 Å². The molecule has 0 fully saturated rings. The standard InChI is InChI=1S/C10H11NO4S/c1-2-7-11(16(13,14)15)10-6-4-3-5-9(10)8-12/h2-6,8H,1,7H2,(H,13,14,15). The topological polar surface area (TPSA) is 74.7 Å². The Bertz CT molecular complexity index is 495. The minimum atomic E-state index is -4.41. The van der Waals surface area contributed by atoms with E-state index in [1.807, 2.05) is 0 Å². The Morgan fingerprint density at radius 2 is 2.00 bits per heavy atom. The van der Waals surface area contributed by atoms with Crippen molar-refractivity contribution >= 4 is 22.3 Å². The first-order valence-corrected chi connectivity index (χ1v) is 5.80. The Kier molecular flexibility index (Phi) is 3.81. The summed E-state index contributed by atoms with van der Waals surface area (Å²) in [7, 11) is -4.41. The first kappa shape index (κ1) is 12.4. The van der Waals surface area contributed by atoms with Crippen molar-refractivity contribution in [2.24, 2.45) is 0 Å². The van der Waals surface area contributed by atoms with Crippen LogP contribution in [0.15, 0.2) is 36.9 Å². The average Bonchev–Trinajstić information content (AvgIpc) is 2.24. The maximum absolute atomic E-state index is 11.1. The molecular weight excluding hydrogens is 230 g/mol. The highest BCUT2D eigenvalue weighted by Gasteiger charge is 2.20. The number of aldehydes is 1. The molecular formula is C10H11NO4S. The van der Waals surface area contributed by atoms with Gasteiger partial charge < -0.3 is 0 Å². The lowest BCUT2D eigenvalue weighted by Crippen LogP contribution is -2.31. The van der Waals surface area contributed by atoms with Crippen LogP contribution >= 0.6 is 0 Å². The molecule has 1 N–H and O–H groups in total. The van der Waals surface area contributed by atoms with Gasteiger partial charge in [0.05, 0.1) is 12.2 Å². The van der Waals surface area contributed by atoms with Crippen LogP contribution in [0.5, 0.6) is 0 Å². The van der Waals surface area contributed by atoms with E-state index in [2.05, 4.69) is 6.58 Å². The largest absolute Gasteiger partial charge is 0.360 e. The van der Waals surface area contributed by atoms with Gasteiger partial charge in [0.1, 0.15) is 0 Å². The second-order valence-corrected chi connectivity index (χ2v) is 4.31.